The Kier molecular flexibility index (Phi) is 2.95. The molecule has 2 heterocycles. The lowest BCUT2D eigenvalue weighted by Crippen LogP contribution is -2.13. The highest BCUT2D eigenvalue weighted by Gasteiger charge is 2.13. The van der Waals surface area contributed by atoms with Gasteiger partial charge < -0.3 is 5.32 Å². The molecule has 0 bridgehead atoms. The van der Waals surface area contributed by atoms with E-state index in [1.807, 2.05) is 19.9 Å². The molecule has 0 aliphatic carbocycles. The molecule has 0 radical (unpaired) electrons. The Morgan fingerprint density at radius 3 is 2.88 bits per heavy atom. The number of nitrogens with one attached hydrogen (secondary N) is 2. The Bertz CT molecular complexity index is 540. The Hall–Kier alpha value is -2.11. The van der Waals surface area contributed by atoms with Crippen LogP contribution in [0.15, 0.2) is 12.3 Å². The second-order valence-corrected chi connectivity index (χ2v) is 3.85. The molecule has 2 N–H and O–H groups in total. The first-order valence-corrected chi connectivity index (χ1v) is 5.46. The summed E-state index contributed by atoms with van der Waals surface area (Å²) < 4.78 is 1.66. The largest absolute Gasteiger partial charge is 0.305 e. The number of aromatic amines is 1. The number of hydrogen-bond acceptors (Lipinski definition) is 3. The SMILES string of the molecule is CCc1cc(NC(=O)c2cnn(C)c2C)n[nH]1. The molecule has 2 aromatic rings. The lowest BCUT2D eigenvalue weighted by atomic mass is 10.2. The molecule has 0 spiro atoms. The molecular weight excluding hydrogens is 218 g/mol. The topological polar surface area (TPSA) is 75.6 Å². The molecule has 0 aliphatic rings. The number of aryl methyl sites for hydroxylation is 2. The van der Waals surface area contributed by atoms with Crippen molar-refractivity contribution in [2.24, 2.45) is 7.05 Å². The van der Waals surface area contributed by atoms with Gasteiger partial charge in [-0.3, -0.25) is 14.6 Å². The zero-order valence-electron chi connectivity index (χ0n) is 10.1. The molecule has 2 rings (SSSR count). The normalized spacial score (nSPS) is 10.5. The summed E-state index contributed by atoms with van der Waals surface area (Å²) in [6.07, 6.45) is 2.41. The van der Waals surface area contributed by atoms with Gasteiger partial charge in [-0.15, -0.1) is 0 Å². The maximum Gasteiger partial charge on any atom is 0.260 e. The maximum absolute atomic E-state index is 11.9. The third kappa shape index (κ3) is 2.20. The van der Waals surface area contributed by atoms with E-state index in [4.69, 9.17) is 0 Å². The first kappa shape index (κ1) is 11.4. The minimum absolute atomic E-state index is 0.190. The second kappa shape index (κ2) is 4.40. The van der Waals surface area contributed by atoms with Crippen molar-refractivity contribution >= 4 is 11.7 Å². The van der Waals surface area contributed by atoms with E-state index in [0.717, 1.165) is 17.8 Å². The van der Waals surface area contributed by atoms with Crippen molar-refractivity contribution in [1.82, 2.24) is 20.0 Å². The zero-order valence-corrected chi connectivity index (χ0v) is 10.1. The molecule has 0 fully saturated rings. The lowest BCUT2D eigenvalue weighted by molar-refractivity contribution is 0.102. The van der Waals surface area contributed by atoms with Crippen LogP contribution < -0.4 is 5.32 Å². The van der Waals surface area contributed by atoms with Crippen LogP contribution in [0.2, 0.25) is 0 Å². The first-order chi connectivity index (χ1) is 8.11. The molecule has 17 heavy (non-hydrogen) atoms. The number of carbonyl (C=O) groups is 1. The van der Waals surface area contributed by atoms with Gasteiger partial charge >= 0.3 is 0 Å². The molecule has 0 saturated carbocycles. The maximum atomic E-state index is 11.9. The Balaban J connectivity index is 2.14. The minimum atomic E-state index is -0.190. The summed E-state index contributed by atoms with van der Waals surface area (Å²) in [5.41, 5.74) is 2.38. The summed E-state index contributed by atoms with van der Waals surface area (Å²) in [5, 5.41) is 13.6. The van der Waals surface area contributed by atoms with Crippen LogP contribution in [-0.4, -0.2) is 25.9 Å². The van der Waals surface area contributed by atoms with Crippen LogP contribution >= 0.6 is 0 Å². The number of nitrogens with zero attached hydrogens (tertiary/aromatic N) is 3. The molecule has 0 saturated heterocycles. The first-order valence-electron chi connectivity index (χ1n) is 5.46. The fraction of sp³-hybridized carbons (Fsp3) is 0.364. The molecule has 0 aromatic carbocycles. The molecule has 6 nitrogen and oxygen atoms in total. The summed E-state index contributed by atoms with van der Waals surface area (Å²) in [7, 11) is 1.80. The van der Waals surface area contributed by atoms with Gasteiger partial charge in [-0.1, -0.05) is 6.92 Å². The molecule has 0 atom stereocenters. The molecule has 2 aromatic heterocycles. The van der Waals surface area contributed by atoms with E-state index in [9.17, 15) is 4.79 Å². The molecule has 1 amide bonds. The van der Waals surface area contributed by atoms with Crippen LogP contribution in [0.4, 0.5) is 5.82 Å². The van der Waals surface area contributed by atoms with Crippen LogP contribution in [-0.2, 0) is 13.5 Å². The van der Waals surface area contributed by atoms with Crippen molar-refractivity contribution < 1.29 is 4.79 Å². The lowest BCUT2D eigenvalue weighted by Gasteiger charge is -2.00. The van der Waals surface area contributed by atoms with Gasteiger partial charge in [-0.05, 0) is 13.3 Å². The van der Waals surface area contributed by atoms with Crippen molar-refractivity contribution in [2.45, 2.75) is 20.3 Å². The number of rotatable bonds is 3. The van der Waals surface area contributed by atoms with E-state index < -0.39 is 0 Å². The minimum Gasteiger partial charge on any atom is -0.305 e. The van der Waals surface area contributed by atoms with Gasteiger partial charge in [-0.25, -0.2) is 0 Å². The van der Waals surface area contributed by atoms with Crippen LogP contribution in [0, 0.1) is 6.92 Å². The van der Waals surface area contributed by atoms with Crippen LogP contribution in [0.25, 0.3) is 0 Å². The molecule has 0 aliphatic heterocycles. The summed E-state index contributed by atoms with van der Waals surface area (Å²) in [5.74, 6) is 0.347. The van der Waals surface area contributed by atoms with E-state index in [2.05, 4.69) is 20.6 Å². The highest BCUT2D eigenvalue weighted by molar-refractivity contribution is 6.04. The van der Waals surface area contributed by atoms with Crippen LogP contribution in [0.3, 0.4) is 0 Å². The number of carbonyl (C=O) groups excluding carboxylic acids is 1. The standard InChI is InChI=1S/C11H15N5O/c1-4-8-5-10(15-14-8)13-11(17)9-6-12-16(3)7(9)2/h5-6H,4H2,1-3H3,(H2,13,14,15,17). The van der Waals surface area contributed by atoms with E-state index >= 15 is 0 Å². The third-order valence-electron chi connectivity index (χ3n) is 2.73. The zero-order chi connectivity index (χ0) is 12.4. The van der Waals surface area contributed by atoms with Crippen molar-refractivity contribution in [3.8, 4) is 0 Å². The van der Waals surface area contributed by atoms with Crippen LogP contribution in [0.1, 0.15) is 28.7 Å². The van der Waals surface area contributed by atoms with Gasteiger partial charge in [0.1, 0.15) is 0 Å². The summed E-state index contributed by atoms with van der Waals surface area (Å²) in [6.45, 7) is 3.87. The Morgan fingerprint density at radius 2 is 2.35 bits per heavy atom. The number of aromatic nitrogens is 4. The summed E-state index contributed by atoms with van der Waals surface area (Å²) in [4.78, 5) is 11.9. The van der Waals surface area contributed by atoms with Crippen molar-refractivity contribution in [1.29, 1.82) is 0 Å². The highest BCUT2D eigenvalue weighted by atomic mass is 16.1. The van der Waals surface area contributed by atoms with Gasteiger partial charge in [-0.2, -0.15) is 10.2 Å². The van der Waals surface area contributed by atoms with Gasteiger partial charge in [0.2, 0.25) is 0 Å². The highest BCUT2D eigenvalue weighted by Crippen LogP contribution is 2.10. The fourth-order valence-corrected chi connectivity index (χ4v) is 1.51. The second-order valence-electron chi connectivity index (χ2n) is 3.85. The quantitative estimate of drug-likeness (QED) is 0.838. The average Bonchev–Trinajstić information content (AvgIpc) is 2.88. The number of H-pyrrole nitrogens is 1. The summed E-state index contributed by atoms with van der Waals surface area (Å²) >= 11 is 0. The molecular formula is C11H15N5O. The van der Waals surface area contributed by atoms with E-state index in [-0.39, 0.29) is 5.91 Å². The monoisotopic (exact) mass is 233 g/mol. The number of amides is 1. The number of anilines is 1. The Morgan fingerprint density at radius 1 is 1.59 bits per heavy atom. The van der Waals surface area contributed by atoms with Gasteiger partial charge in [0.05, 0.1) is 11.8 Å². The van der Waals surface area contributed by atoms with Crippen molar-refractivity contribution in [2.75, 3.05) is 5.32 Å². The summed E-state index contributed by atoms with van der Waals surface area (Å²) in [6, 6.07) is 1.82. The van der Waals surface area contributed by atoms with Crippen LogP contribution in [0.5, 0.6) is 0 Å². The predicted molar refractivity (Wildman–Crippen MR) is 63.9 cm³/mol. The molecule has 0 unspecified atom stereocenters. The predicted octanol–water partition coefficient (Wildman–Crippen LogP) is 1.27. The van der Waals surface area contributed by atoms with Gasteiger partial charge in [0, 0.05) is 24.5 Å². The van der Waals surface area contributed by atoms with Crippen molar-refractivity contribution in [3.05, 3.63) is 29.2 Å². The fourth-order valence-electron chi connectivity index (χ4n) is 1.51. The third-order valence-corrected chi connectivity index (χ3v) is 2.73. The molecule has 6 heteroatoms. The average molecular weight is 233 g/mol. The van der Waals surface area contributed by atoms with Gasteiger partial charge in [0.25, 0.3) is 5.91 Å². The smallest absolute Gasteiger partial charge is 0.260 e. The van der Waals surface area contributed by atoms with Gasteiger partial charge in [0.15, 0.2) is 5.82 Å². The van der Waals surface area contributed by atoms with Crippen molar-refractivity contribution in [3.63, 3.8) is 0 Å². The van der Waals surface area contributed by atoms with E-state index in [0.29, 0.717) is 11.4 Å². The van der Waals surface area contributed by atoms with E-state index in [1.54, 1.807) is 17.9 Å². The van der Waals surface area contributed by atoms with E-state index in [1.165, 1.54) is 0 Å². The molecule has 90 valence electrons. The number of hydrogen-bond donors (Lipinski definition) is 2. The Labute approximate surface area is 99.0 Å².